The first-order chi connectivity index (χ1) is 12.8. The number of halogens is 3. The predicted octanol–water partition coefficient (Wildman–Crippen LogP) is 2.73. The Hall–Kier alpha value is -1.80. The molecule has 1 aromatic carbocycles. The zero-order chi connectivity index (χ0) is 20.3. The average Bonchev–Trinajstić information content (AvgIpc) is 2.62. The summed E-state index contributed by atoms with van der Waals surface area (Å²) in [5.74, 6) is 0.587. The summed E-state index contributed by atoms with van der Waals surface area (Å²) >= 11 is 0. The van der Waals surface area contributed by atoms with Gasteiger partial charge in [-0.05, 0) is 25.7 Å². The standard InChI is InChI=1S/C19H32F3N5/c1-5-27(6-2)17(16-10-8-7-9-11-16)14-25-18(23-3)24-12-13-26(4)15-19(20,21)22/h7-11,17H,5-6,12-15H2,1-4H3,(H2,23,24,25). The first-order valence-corrected chi connectivity index (χ1v) is 9.29. The fourth-order valence-corrected chi connectivity index (χ4v) is 2.96. The first-order valence-electron chi connectivity index (χ1n) is 9.29. The van der Waals surface area contributed by atoms with Crippen molar-refractivity contribution in [1.82, 2.24) is 20.4 Å². The summed E-state index contributed by atoms with van der Waals surface area (Å²) in [5.41, 5.74) is 1.22. The van der Waals surface area contributed by atoms with E-state index in [0.717, 1.165) is 13.1 Å². The number of benzene rings is 1. The summed E-state index contributed by atoms with van der Waals surface area (Å²) in [6.07, 6.45) is -4.18. The molecule has 0 fully saturated rings. The van der Waals surface area contributed by atoms with Crippen LogP contribution in [0.5, 0.6) is 0 Å². The molecule has 1 aromatic rings. The number of alkyl halides is 3. The number of likely N-dealkylation sites (N-methyl/N-ethyl adjacent to an activating group) is 2. The van der Waals surface area contributed by atoms with Crippen LogP contribution < -0.4 is 10.6 Å². The van der Waals surface area contributed by atoms with Crippen molar-refractivity contribution in [2.75, 3.05) is 53.4 Å². The van der Waals surface area contributed by atoms with Crippen LogP contribution in [0.1, 0.15) is 25.5 Å². The number of rotatable bonds is 10. The molecular formula is C19H32F3N5. The summed E-state index contributed by atoms with van der Waals surface area (Å²) in [6, 6.07) is 10.4. The van der Waals surface area contributed by atoms with Gasteiger partial charge in [0.05, 0.1) is 12.6 Å². The Labute approximate surface area is 160 Å². The maximum absolute atomic E-state index is 12.4. The molecule has 1 unspecified atom stereocenters. The van der Waals surface area contributed by atoms with E-state index in [0.29, 0.717) is 19.0 Å². The van der Waals surface area contributed by atoms with E-state index in [1.165, 1.54) is 17.5 Å². The lowest BCUT2D eigenvalue weighted by Gasteiger charge is -2.31. The minimum atomic E-state index is -4.18. The predicted molar refractivity (Wildman–Crippen MR) is 105 cm³/mol. The highest BCUT2D eigenvalue weighted by molar-refractivity contribution is 5.79. The molecule has 5 nitrogen and oxygen atoms in total. The fourth-order valence-electron chi connectivity index (χ4n) is 2.96. The Bertz CT molecular complexity index is 544. The van der Waals surface area contributed by atoms with Crippen molar-refractivity contribution < 1.29 is 13.2 Å². The molecule has 0 heterocycles. The molecular weight excluding hydrogens is 355 g/mol. The minimum Gasteiger partial charge on any atom is -0.355 e. The average molecular weight is 387 g/mol. The van der Waals surface area contributed by atoms with Crippen molar-refractivity contribution in [1.29, 1.82) is 0 Å². The Morgan fingerprint density at radius 3 is 2.26 bits per heavy atom. The Kier molecular flexibility index (Phi) is 10.2. The van der Waals surface area contributed by atoms with Gasteiger partial charge in [0.1, 0.15) is 0 Å². The molecule has 0 amide bonds. The van der Waals surface area contributed by atoms with Gasteiger partial charge in [-0.2, -0.15) is 13.2 Å². The van der Waals surface area contributed by atoms with Gasteiger partial charge < -0.3 is 10.6 Å². The van der Waals surface area contributed by atoms with Crippen LogP contribution in [0.15, 0.2) is 35.3 Å². The van der Waals surface area contributed by atoms with Gasteiger partial charge in [-0.1, -0.05) is 44.2 Å². The molecule has 0 saturated heterocycles. The van der Waals surface area contributed by atoms with E-state index < -0.39 is 12.7 Å². The fraction of sp³-hybridized carbons (Fsp3) is 0.632. The Balaban J connectivity index is 2.57. The summed E-state index contributed by atoms with van der Waals surface area (Å²) in [6.45, 7) is 6.50. The molecule has 2 N–H and O–H groups in total. The molecule has 27 heavy (non-hydrogen) atoms. The van der Waals surface area contributed by atoms with Crippen LogP contribution in [0.25, 0.3) is 0 Å². The quantitative estimate of drug-likeness (QED) is 0.479. The molecule has 0 saturated carbocycles. The number of nitrogens with one attached hydrogen (secondary N) is 2. The molecule has 0 aliphatic heterocycles. The highest BCUT2D eigenvalue weighted by Crippen LogP contribution is 2.19. The number of hydrogen-bond donors (Lipinski definition) is 2. The largest absolute Gasteiger partial charge is 0.401 e. The number of aliphatic imine (C=N–C) groups is 1. The van der Waals surface area contributed by atoms with Crippen LogP contribution in [-0.2, 0) is 0 Å². The molecule has 8 heteroatoms. The van der Waals surface area contributed by atoms with Crippen molar-refractivity contribution in [2.24, 2.45) is 4.99 Å². The van der Waals surface area contributed by atoms with E-state index in [9.17, 15) is 13.2 Å². The van der Waals surface area contributed by atoms with Gasteiger partial charge in [-0.15, -0.1) is 0 Å². The van der Waals surface area contributed by atoms with E-state index in [1.807, 2.05) is 18.2 Å². The number of guanidine groups is 1. The monoisotopic (exact) mass is 387 g/mol. The molecule has 0 bridgehead atoms. The Morgan fingerprint density at radius 1 is 1.11 bits per heavy atom. The maximum Gasteiger partial charge on any atom is 0.401 e. The minimum absolute atomic E-state index is 0.188. The van der Waals surface area contributed by atoms with Crippen LogP contribution in [0.4, 0.5) is 13.2 Å². The summed E-state index contributed by atoms with van der Waals surface area (Å²) < 4.78 is 37.1. The molecule has 0 radical (unpaired) electrons. The van der Waals surface area contributed by atoms with Gasteiger partial charge >= 0.3 is 6.18 Å². The van der Waals surface area contributed by atoms with Crippen molar-refractivity contribution in [3.63, 3.8) is 0 Å². The summed E-state index contributed by atoms with van der Waals surface area (Å²) in [5, 5.41) is 6.37. The van der Waals surface area contributed by atoms with Gasteiger partial charge in [0.15, 0.2) is 5.96 Å². The lowest BCUT2D eigenvalue weighted by atomic mass is 10.1. The van der Waals surface area contributed by atoms with Gasteiger partial charge in [-0.25, -0.2) is 0 Å². The second kappa shape index (κ2) is 11.8. The van der Waals surface area contributed by atoms with Crippen molar-refractivity contribution in [3.05, 3.63) is 35.9 Å². The van der Waals surface area contributed by atoms with Gasteiger partial charge in [0.25, 0.3) is 0 Å². The molecule has 0 aliphatic rings. The van der Waals surface area contributed by atoms with E-state index in [1.54, 1.807) is 7.05 Å². The van der Waals surface area contributed by atoms with E-state index >= 15 is 0 Å². The van der Waals surface area contributed by atoms with E-state index in [2.05, 4.69) is 46.5 Å². The van der Waals surface area contributed by atoms with Crippen LogP contribution in [0.3, 0.4) is 0 Å². The SMILES string of the molecule is CCN(CC)C(CNC(=NC)NCCN(C)CC(F)(F)F)c1ccccc1. The lowest BCUT2D eigenvalue weighted by Crippen LogP contribution is -2.45. The number of hydrogen-bond acceptors (Lipinski definition) is 3. The third-order valence-electron chi connectivity index (χ3n) is 4.36. The smallest absolute Gasteiger partial charge is 0.355 e. The molecule has 1 rings (SSSR count). The Morgan fingerprint density at radius 2 is 1.74 bits per heavy atom. The van der Waals surface area contributed by atoms with Gasteiger partial charge in [0, 0.05) is 26.7 Å². The molecule has 154 valence electrons. The van der Waals surface area contributed by atoms with Gasteiger partial charge in [-0.3, -0.25) is 14.8 Å². The van der Waals surface area contributed by atoms with E-state index in [-0.39, 0.29) is 12.6 Å². The van der Waals surface area contributed by atoms with E-state index in [4.69, 9.17) is 0 Å². The lowest BCUT2D eigenvalue weighted by molar-refractivity contribution is -0.142. The zero-order valence-electron chi connectivity index (χ0n) is 16.7. The second-order valence-corrected chi connectivity index (χ2v) is 6.38. The third kappa shape index (κ3) is 9.10. The van der Waals surface area contributed by atoms with Crippen molar-refractivity contribution in [3.8, 4) is 0 Å². The van der Waals surface area contributed by atoms with Crippen molar-refractivity contribution >= 4 is 5.96 Å². The zero-order valence-corrected chi connectivity index (χ0v) is 16.7. The van der Waals surface area contributed by atoms with Gasteiger partial charge in [0.2, 0.25) is 0 Å². The molecule has 0 aliphatic carbocycles. The van der Waals surface area contributed by atoms with Crippen LogP contribution in [-0.4, -0.2) is 75.3 Å². The second-order valence-electron chi connectivity index (χ2n) is 6.38. The normalized spacial score (nSPS) is 13.9. The topological polar surface area (TPSA) is 42.9 Å². The summed E-state index contributed by atoms with van der Waals surface area (Å²) in [7, 11) is 3.11. The molecule has 0 spiro atoms. The van der Waals surface area contributed by atoms with Crippen molar-refractivity contribution in [2.45, 2.75) is 26.1 Å². The van der Waals surface area contributed by atoms with Crippen LogP contribution in [0, 0.1) is 0 Å². The third-order valence-corrected chi connectivity index (χ3v) is 4.36. The summed E-state index contributed by atoms with van der Waals surface area (Å²) in [4.78, 5) is 7.76. The number of nitrogens with zero attached hydrogens (tertiary/aromatic N) is 3. The highest BCUT2D eigenvalue weighted by atomic mass is 19.4. The highest BCUT2D eigenvalue weighted by Gasteiger charge is 2.28. The van der Waals surface area contributed by atoms with Crippen LogP contribution >= 0.6 is 0 Å². The maximum atomic E-state index is 12.4. The van der Waals surface area contributed by atoms with Crippen LogP contribution in [0.2, 0.25) is 0 Å². The molecule has 1 atom stereocenters. The first kappa shape index (κ1) is 23.2. The molecule has 0 aromatic heterocycles.